The van der Waals surface area contributed by atoms with E-state index in [1.807, 2.05) is 18.2 Å². The summed E-state index contributed by atoms with van der Waals surface area (Å²) in [5.74, 6) is -0.994. The summed E-state index contributed by atoms with van der Waals surface area (Å²) in [5.41, 5.74) is 2.41. The van der Waals surface area contributed by atoms with Crippen molar-refractivity contribution in [3.63, 3.8) is 0 Å². The average Bonchev–Trinajstić information content (AvgIpc) is 2.71. The zero-order valence-electron chi connectivity index (χ0n) is 16.2. The Labute approximate surface area is 179 Å². The molecule has 0 radical (unpaired) electrons. The van der Waals surface area contributed by atoms with E-state index in [2.05, 4.69) is 5.32 Å². The van der Waals surface area contributed by atoms with E-state index in [4.69, 9.17) is 11.6 Å². The van der Waals surface area contributed by atoms with E-state index in [0.29, 0.717) is 17.1 Å². The number of rotatable bonds is 6. The van der Waals surface area contributed by atoms with E-state index in [9.17, 15) is 18.0 Å². The predicted molar refractivity (Wildman–Crippen MR) is 118 cm³/mol. The van der Waals surface area contributed by atoms with E-state index >= 15 is 0 Å². The molecule has 8 heteroatoms. The number of nitrogens with one attached hydrogen (secondary N) is 1. The van der Waals surface area contributed by atoms with E-state index in [1.54, 1.807) is 28.8 Å². The number of para-hydroxylation sites is 1. The average molecular weight is 445 g/mol. The number of carbonyl (C=O) groups is 1. The molecule has 2 heterocycles. The number of benzene rings is 2. The van der Waals surface area contributed by atoms with Gasteiger partial charge < -0.3 is 9.88 Å². The van der Waals surface area contributed by atoms with Crippen LogP contribution in [0.1, 0.15) is 27.9 Å². The zero-order chi connectivity index (χ0) is 21.3. The maximum absolute atomic E-state index is 12.9. The van der Waals surface area contributed by atoms with Crippen molar-refractivity contribution in [2.75, 3.05) is 12.3 Å². The maximum atomic E-state index is 12.9. The molecule has 0 unspecified atom stereocenters. The van der Waals surface area contributed by atoms with Crippen molar-refractivity contribution in [3.8, 4) is 0 Å². The number of halogens is 1. The number of hydrogen-bond donors (Lipinski definition) is 1. The van der Waals surface area contributed by atoms with Gasteiger partial charge in [0.25, 0.3) is 11.5 Å². The Kier molecular flexibility index (Phi) is 5.66. The molecule has 1 amide bonds. The van der Waals surface area contributed by atoms with Crippen molar-refractivity contribution >= 4 is 38.2 Å². The number of aromatic nitrogens is 1. The van der Waals surface area contributed by atoms with Crippen LogP contribution in [-0.4, -0.2) is 31.2 Å². The number of hydrogen-bond acceptors (Lipinski definition) is 4. The maximum Gasteiger partial charge on any atom is 0.255 e. The number of amides is 1. The summed E-state index contributed by atoms with van der Waals surface area (Å²) in [6.45, 7) is 0.551. The molecule has 0 spiro atoms. The van der Waals surface area contributed by atoms with Crippen molar-refractivity contribution in [2.24, 2.45) is 0 Å². The van der Waals surface area contributed by atoms with Crippen LogP contribution in [0.4, 0.5) is 0 Å². The summed E-state index contributed by atoms with van der Waals surface area (Å²) in [4.78, 5) is 25.0. The SMILES string of the molecule is O=C(NCCS(=O)(=O)Cc1cc2cccc3c2n(c1=O)CCC3)c1cccc(Cl)c1. The highest BCUT2D eigenvalue weighted by Gasteiger charge is 2.20. The summed E-state index contributed by atoms with van der Waals surface area (Å²) >= 11 is 5.87. The Balaban J connectivity index is 1.49. The van der Waals surface area contributed by atoms with Gasteiger partial charge in [0.1, 0.15) is 0 Å². The van der Waals surface area contributed by atoms with E-state index in [-0.39, 0.29) is 29.2 Å². The third-order valence-electron chi connectivity index (χ3n) is 5.26. The number of aryl methyl sites for hydroxylation is 2. The van der Waals surface area contributed by atoms with Crippen LogP contribution in [0.25, 0.3) is 10.9 Å². The fraction of sp³-hybridized carbons (Fsp3) is 0.273. The largest absolute Gasteiger partial charge is 0.351 e. The Morgan fingerprint density at radius 2 is 1.93 bits per heavy atom. The molecule has 3 aromatic rings. The normalized spacial score (nSPS) is 13.4. The van der Waals surface area contributed by atoms with Gasteiger partial charge in [0.15, 0.2) is 9.84 Å². The molecule has 0 saturated carbocycles. The van der Waals surface area contributed by atoms with Gasteiger partial charge >= 0.3 is 0 Å². The van der Waals surface area contributed by atoms with Gasteiger partial charge in [0.05, 0.1) is 17.0 Å². The first-order chi connectivity index (χ1) is 14.3. The Morgan fingerprint density at radius 3 is 2.73 bits per heavy atom. The highest BCUT2D eigenvalue weighted by atomic mass is 35.5. The van der Waals surface area contributed by atoms with Crippen LogP contribution in [0.15, 0.2) is 53.3 Å². The molecule has 0 atom stereocenters. The molecule has 156 valence electrons. The van der Waals surface area contributed by atoms with Gasteiger partial charge in [-0.05, 0) is 48.1 Å². The second kappa shape index (κ2) is 8.24. The molecule has 1 aromatic heterocycles. The molecule has 1 N–H and O–H groups in total. The standard InChI is InChI=1S/C22H21ClN2O4S/c23-19-8-2-6-17(13-19)21(26)24-9-11-30(28,29)14-18-12-16-5-1-4-15-7-3-10-25(20(15)16)22(18)27/h1-2,4-6,8,12-13H,3,7,9-11,14H2,(H,24,26). The summed E-state index contributed by atoms with van der Waals surface area (Å²) in [5, 5.41) is 3.90. The van der Waals surface area contributed by atoms with Crippen LogP contribution in [0.3, 0.4) is 0 Å². The topological polar surface area (TPSA) is 85.2 Å². The fourth-order valence-corrected chi connectivity index (χ4v) is 5.32. The van der Waals surface area contributed by atoms with Gasteiger partial charge in [0, 0.05) is 29.2 Å². The lowest BCUT2D eigenvalue weighted by molar-refractivity contribution is 0.0956. The number of sulfone groups is 1. The predicted octanol–water partition coefficient (Wildman–Crippen LogP) is 2.95. The molecule has 0 bridgehead atoms. The molecule has 0 aliphatic carbocycles. The Bertz CT molecular complexity index is 1300. The first-order valence-corrected chi connectivity index (χ1v) is 11.9. The van der Waals surface area contributed by atoms with Gasteiger partial charge in [-0.15, -0.1) is 0 Å². The van der Waals surface area contributed by atoms with E-state index in [1.165, 1.54) is 6.07 Å². The minimum Gasteiger partial charge on any atom is -0.351 e. The molecule has 2 aromatic carbocycles. The van der Waals surface area contributed by atoms with Gasteiger partial charge in [-0.25, -0.2) is 8.42 Å². The summed E-state index contributed by atoms with van der Waals surface area (Å²) in [6, 6.07) is 14.0. The second-order valence-electron chi connectivity index (χ2n) is 7.44. The molecule has 6 nitrogen and oxygen atoms in total. The van der Waals surface area contributed by atoms with Crippen LogP contribution in [-0.2, 0) is 28.6 Å². The molecule has 0 saturated heterocycles. The number of carbonyl (C=O) groups excluding carboxylic acids is 1. The minimum atomic E-state index is -3.58. The highest BCUT2D eigenvalue weighted by molar-refractivity contribution is 7.90. The smallest absolute Gasteiger partial charge is 0.255 e. The van der Waals surface area contributed by atoms with Crippen molar-refractivity contribution in [1.29, 1.82) is 0 Å². The van der Waals surface area contributed by atoms with Crippen LogP contribution < -0.4 is 10.9 Å². The Morgan fingerprint density at radius 1 is 1.13 bits per heavy atom. The van der Waals surface area contributed by atoms with Crippen molar-refractivity contribution in [3.05, 3.63) is 80.6 Å². The van der Waals surface area contributed by atoms with Crippen molar-refractivity contribution < 1.29 is 13.2 Å². The van der Waals surface area contributed by atoms with Crippen molar-refractivity contribution in [1.82, 2.24) is 9.88 Å². The van der Waals surface area contributed by atoms with Crippen LogP contribution in [0, 0.1) is 0 Å². The summed E-state index contributed by atoms with van der Waals surface area (Å²) < 4.78 is 26.9. The van der Waals surface area contributed by atoms with Crippen LogP contribution in [0.2, 0.25) is 5.02 Å². The zero-order valence-corrected chi connectivity index (χ0v) is 17.8. The first kappa shape index (κ1) is 20.6. The minimum absolute atomic E-state index is 0.0421. The molecule has 0 fully saturated rings. The van der Waals surface area contributed by atoms with E-state index < -0.39 is 15.7 Å². The van der Waals surface area contributed by atoms with Crippen molar-refractivity contribution in [2.45, 2.75) is 25.1 Å². The third kappa shape index (κ3) is 4.27. The molecule has 4 rings (SSSR count). The third-order valence-corrected chi connectivity index (χ3v) is 7.07. The van der Waals surface area contributed by atoms with Crippen LogP contribution >= 0.6 is 11.6 Å². The second-order valence-corrected chi connectivity index (χ2v) is 10.1. The summed E-state index contributed by atoms with van der Waals surface area (Å²) in [7, 11) is -3.58. The quantitative estimate of drug-likeness (QED) is 0.633. The highest BCUT2D eigenvalue weighted by Crippen LogP contribution is 2.24. The molecular weight excluding hydrogens is 424 g/mol. The van der Waals surface area contributed by atoms with Gasteiger partial charge in [-0.2, -0.15) is 0 Å². The van der Waals surface area contributed by atoms with Gasteiger partial charge in [-0.1, -0.05) is 35.9 Å². The molecule has 1 aliphatic heterocycles. The number of pyridine rings is 1. The lowest BCUT2D eigenvalue weighted by Crippen LogP contribution is -2.32. The molecule has 1 aliphatic rings. The lowest BCUT2D eigenvalue weighted by atomic mass is 10.0. The number of nitrogens with zero attached hydrogens (tertiary/aromatic N) is 1. The Hall–Kier alpha value is -2.64. The van der Waals surface area contributed by atoms with Gasteiger partial charge in [-0.3, -0.25) is 9.59 Å². The fourth-order valence-electron chi connectivity index (χ4n) is 3.89. The molecular formula is C22H21ClN2O4S. The molecule has 30 heavy (non-hydrogen) atoms. The van der Waals surface area contributed by atoms with Crippen LogP contribution in [0.5, 0.6) is 0 Å². The summed E-state index contributed by atoms with van der Waals surface area (Å²) in [6.07, 6.45) is 1.78. The van der Waals surface area contributed by atoms with Gasteiger partial charge in [0.2, 0.25) is 0 Å². The van der Waals surface area contributed by atoms with E-state index in [0.717, 1.165) is 29.3 Å². The monoisotopic (exact) mass is 444 g/mol. The lowest BCUT2D eigenvalue weighted by Gasteiger charge is -2.20. The first-order valence-electron chi connectivity index (χ1n) is 9.72.